The van der Waals surface area contributed by atoms with Crippen LogP contribution >= 0.6 is 0 Å². The Morgan fingerprint density at radius 3 is 2.79 bits per heavy atom. The van der Waals surface area contributed by atoms with Gasteiger partial charge in [-0.2, -0.15) is 4.98 Å². The maximum atomic E-state index is 9.50. The number of aliphatic hydroxyl groups is 1. The van der Waals surface area contributed by atoms with E-state index in [2.05, 4.69) is 15.3 Å². The fourth-order valence-corrected chi connectivity index (χ4v) is 0.935. The summed E-state index contributed by atoms with van der Waals surface area (Å²) < 4.78 is 0. The zero-order valence-corrected chi connectivity index (χ0v) is 8.70. The highest BCUT2D eigenvalue weighted by Crippen LogP contribution is 2.12. The Bertz CT molecular complexity index is 319. The molecule has 1 aromatic rings. The number of nitrogens with two attached hydrogens (primary N) is 1. The monoisotopic (exact) mass is 196 g/mol. The van der Waals surface area contributed by atoms with E-state index in [0.29, 0.717) is 12.4 Å². The van der Waals surface area contributed by atoms with E-state index < -0.39 is 5.60 Å². The zero-order valence-electron chi connectivity index (χ0n) is 8.70. The number of nitrogens with one attached hydrogen (secondary N) is 1. The Balaban J connectivity index is 2.72. The molecule has 0 atom stereocenters. The van der Waals surface area contributed by atoms with Crippen LogP contribution in [0.5, 0.6) is 0 Å². The van der Waals surface area contributed by atoms with Crippen LogP contribution in [-0.2, 0) is 0 Å². The van der Waals surface area contributed by atoms with Crippen molar-refractivity contribution in [1.82, 2.24) is 9.97 Å². The summed E-state index contributed by atoms with van der Waals surface area (Å²) in [5.74, 6) is 0.897. The first-order chi connectivity index (χ1) is 6.38. The van der Waals surface area contributed by atoms with Crippen LogP contribution in [0.4, 0.5) is 11.8 Å². The molecular formula is C9H16N4O. The second kappa shape index (κ2) is 3.79. The van der Waals surface area contributed by atoms with E-state index in [0.717, 1.165) is 5.56 Å². The summed E-state index contributed by atoms with van der Waals surface area (Å²) in [5, 5.41) is 12.5. The standard InChI is InChI=1S/C9H16N4O/c1-6-4-11-8(10)13-7(6)12-5-9(2,3)14/h4,14H,5H2,1-3H3,(H3,10,11,12,13). The molecule has 0 aliphatic carbocycles. The van der Waals surface area contributed by atoms with Crippen molar-refractivity contribution in [3.8, 4) is 0 Å². The summed E-state index contributed by atoms with van der Waals surface area (Å²) in [6.45, 7) is 5.75. The van der Waals surface area contributed by atoms with Crippen molar-refractivity contribution < 1.29 is 5.11 Å². The number of aromatic nitrogens is 2. The van der Waals surface area contributed by atoms with E-state index in [1.54, 1.807) is 20.0 Å². The van der Waals surface area contributed by atoms with Crippen LogP contribution in [0.2, 0.25) is 0 Å². The van der Waals surface area contributed by atoms with Crippen molar-refractivity contribution >= 4 is 11.8 Å². The van der Waals surface area contributed by atoms with Crippen LogP contribution in [0.25, 0.3) is 0 Å². The first-order valence-electron chi connectivity index (χ1n) is 4.44. The Hall–Kier alpha value is -1.36. The van der Waals surface area contributed by atoms with E-state index in [1.807, 2.05) is 6.92 Å². The molecular weight excluding hydrogens is 180 g/mol. The Morgan fingerprint density at radius 2 is 2.21 bits per heavy atom. The van der Waals surface area contributed by atoms with Gasteiger partial charge in [0.25, 0.3) is 0 Å². The zero-order chi connectivity index (χ0) is 10.8. The Kier molecular flexibility index (Phi) is 2.90. The van der Waals surface area contributed by atoms with Gasteiger partial charge in [-0.1, -0.05) is 0 Å². The number of aryl methyl sites for hydroxylation is 1. The fourth-order valence-electron chi connectivity index (χ4n) is 0.935. The summed E-state index contributed by atoms with van der Waals surface area (Å²) in [7, 11) is 0. The van der Waals surface area contributed by atoms with Crippen LogP contribution in [-0.4, -0.2) is 27.2 Å². The predicted octanol–water partition coefficient (Wildman–Crippen LogP) is 0.550. The van der Waals surface area contributed by atoms with Gasteiger partial charge in [-0.15, -0.1) is 0 Å². The van der Waals surface area contributed by atoms with Crippen molar-refractivity contribution in [2.24, 2.45) is 0 Å². The van der Waals surface area contributed by atoms with Crippen molar-refractivity contribution in [3.63, 3.8) is 0 Å². The first kappa shape index (κ1) is 10.7. The van der Waals surface area contributed by atoms with Crippen molar-refractivity contribution in [2.75, 3.05) is 17.6 Å². The third kappa shape index (κ3) is 3.18. The molecule has 0 saturated heterocycles. The molecule has 0 aliphatic rings. The highest BCUT2D eigenvalue weighted by Gasteiger charge is 2.12. The molecule has 0 bridgehead atoms. The normalized spacial score (nSPS) is 11.4. The van der Waals surface area contributed by atoms with Gasteiger partial charge >= 0.3 is 0 Å². The molecule has 5 nitrogen and oxygen atoms in total. The number of hydrogen-bond donors (Lipinski definition) is 3. The molecule has 1 rings (SSSR count). The average Bonchev–Trinajstić information content (AvgIpc) is 2.05. The SMILES string of the molecule is Cc1cnc(N)nc1NCC(C)(C)O. The minimum atomic E-state index is -0.772. The van der Waals surface area contributed by atoms with Crippen LogP contribution in [0, 0.1) is 6.92 Å². The number of rotatable bonds is 3. The number of anilines is 2. The molecule has 1 aromatic heterocycles. The fraction of sp³-hybridized carbons (Fsp3) is 0.556. The number of hydrogen-bond acceptors (Lipinski definition) is 5. The van der Waals surface area contributed by atoms with Crippen LogP contribution in [0.15, 0.2) is 6.20 Å². The van der Waals surface area contributed by atoms with Gasteiger partial charge in [-0.05, 0) is 20.8 Å². The van der Waals surface area contributed by atoms with E-state index in [4.69, 9.17) is 5.73 Å². The molecule has 0 aromatic carbocycles. The molecule has 0 spiro atoms. The largest absolute Gasteiger partial charge is 0.389 e. The van der Waals surface area contributed by atoms with Crippen LogP contribution in [0.1, 0.15) is 19.4 Å². The minimum Gasteiger partial charge on any atom is -0.389 e. The van der Waals surface area contributed by atoms with E-state index in [1.165, 1.54) is 0 Å². The van der Waals surface area contributed by atoms with Crippen molar-refractivity contribution in [1.29, 1.82) is 0 Å². The highest BCUT2D eigenvalue weighted by molar-refractivity contribution is 5.45. The summed E-state index contributed by atoms with van der Waals surface area (Å²) in [6.07, 6.45) is 1.65. The lowest BCUT2D eigenvalue weighted by molar-refractivity contribution is 0.0944. The van der Waals surface area contributed by atoms with Gasteiger partial charge in [-0.25, -0.2) is 4.98 Å². The van der Waals surface area contributed by atoms with E-state index in [-0.39, 0.29) is 5.95 Å². The Labute approximate surface area is 83.4 Å². The molecule has 0 saturated carbocycles. The molecule has 0 radical (unpaired) electrons. The summed E-state index contributed by atoms with van der Waals surface area (Å²) in [4.78, 5) is 7.87. The predicted molar refractivity (Wildman–Crippen MR) is 56.0 cm³/mol. The maximum Gasteiger partial charge on any atom is 0.221 e. The van der Waals surface area contributed by atoms with Crippen LogP contribution < -0.4 is 11.1 Å². The molecule has 0 unspecified atom stereocenters. The smallest absolute Gasteiger partial charge is 0.221 e. The highest BCUT2D eigenvalue weighted by atomic mass is 16.3. The Morgan fingerprint density at radius 1 is 1.57 bits per heavy atom. The maximum absolute atomic E-state index is 9.50. The molecule has 5 heteroatoms. The van der Waals surface area contributed by atoms with E-state index in [9.17, 15) is 5.11 Å². The van der Waals surface area contributed by atoms with Gasteiger partial charge in [0.15, 0.2) is 0 Å². The minimum absolute atomic E-state index is 0.230. The lowest BCUT2D eigenvalue weighted by Crippen LogP contribution is -2.30. The van der Waals surface area contributed by atoms with Gasteiger partial charge in [-0.3, -0.25) is 0 Å². The molecule has 0 amide bonds. The summed E-state index contributed by atoms with van der Waals surface area (Å²) in [5.41, 5.74) is 5.58. The third-order valence-corrected chi connectivity index (χ3v) is 1.68. The van der Waals surface area contributed by atoms with Crippen LogP contribution in [0.3, 0.4) is 0 Å². The molecule has 1 heterocycles. The number of nitrogens with zero attached hydrogens (tertiary/aromatic N) is 2. The molecule has 4 N–H and O–H groups in total. The van der Waals surface area contributed by atoms with Gasteiger partial charge in [0.2, 0.25) is 5.95 Å². The van der Waals surface area contributed by atoms with Gasteiger partial charge in [0, 0.05) is 18.3 Å². The summed E-state index contributed by atoms with van der Waals surface area (Å²) in [6, 6.07) is 0. The van der Waals surface area contributed by atoms with Gasteiger partial charge in [0.05, 0.1) is 5.60 Å². The lowest BCUT2D eigenvalue weighted by atomic mass is 10.1. The van der Waals surface area contributed by atoms with E-state index >= 15 is 0 Å². The molecule has 78 valence electrons. The van der Waals surface area contributed by atoms with Gasteiger partial charge < -0.3 is 16.2 Å². The molecule has 14 heavy (non-hydrogen) atoms. The average molecular weight is 196 g/mol. The first-order valence-corrected chi connectivity index (χ1v) is 4.44. The van der Waals surface area contributed by atoms with Crippen molar-refractivity contribution in [3.05, 3.63) is 11.8 Å². The summed E-state index contributed by atoms with van der Waals surface area (Å²) >= 11 is 0. The topological polar surface area (TPSA) is 84.1 Å². The molecule has 0 fully saturated rings. The molecule has 0 aliphatic heterocycles. The number of nitrogen functional groups attached to an aromatic ring is 1. The second-order valence-electron chi connectivity index (χ2n) is 3.93. The third-order valence-electron chi connectivity index (χ3n) is 1.68. The second-order valence-corrected chi connectivity index (χ2v) is 3.93. The lowest BCUT2D eigenvalue weighted by Gasteiger charge is -2.18. The van der Waals surface area contributed by atoms with Gasteiger partial charge in [0.1, 0.15) is 5.82 Å². The van der Waals surface area contributed by atoms with Crippen molar-refractivity contribution in [2.45, 2.75) is 26.4 Å². The quantitative estimate of drug-likeness (QED) is 0.657.